The molecule has 0 amide bonds. The fourth-order valence-electron chi connectivity index (χ4n) is 11.0. The lowest BCUT2D eigenvalue weighted by Crippen LogP contribution is -2.69. The highest BCUT2D eigenvalue weighted by Gasteiger charge is 2.73. The molecule has 1 heterocycles. The quantitative estimate of drug-likeness (QED) is 0.118. The van der Waals surface area contributed by atoms with E-state index in [1.807, 2.05) is 46.8 Å². The zero-order valence-electron chi connectivity index (χ0n) is 28.7. The van der Waals surface area contributed by atoms with Gasteiger partial charge in [-0.1, -0.05) is 46.8 Å². The van der Waals surface area contributed by atoms with Crippen molar-refractivity contribution < 1.29 is 62.4 Å². The molecule has 4 saturated carbocycles. The maximum atomic E-state index is 12.7. The van der Waals surface area contributed by atoms with E-state index >= 15 is 0 Å². The zero-order valence-corrected chi connectivity index (χ0v) is 29.5. The van der Waals surface area contributed by atoms with Crippen LogP contribution in [0.25, 0.3) is 0 Å². The standard InChI is InChI=1S/C34H58O13S/c1-17(2)19(10-13-45-31-28(40)26(38)23(37)16-46-31)7-6-18(3)25-27(39)29(47-48(42,43)44)30-33(25,5)12-9-24-32(4)11-8-20(35)14-21(32)22(36)15-34(24,30)41/h6-7,17-31,35-41H,8-16H2,1-5H3,(H,42,43,44)/b7-6+/t18-,19?,20+,21?,22-,23?,24?,25+,26?,27-,28?,29?,30?,31?,32+,33-,34+/m1/s1. The van der Waals surface area contributed by atoms with Crippen LogP contribution in [0.1, 0.15) is 79.6 Å². The van der Waals surface area contributed by atoms with E-state index in [-0.39, 0.29) is 49.2 Å². The van der Waals surface area contributed by atoms with Crippen molar-refractivity contribution >= 4 is 10.4 Å². The van der Waals surface area contributed by atoms with Crippen molar-refractivity contribution in [2.75, 3.05) is 13.2 Å². The topological polar surface area (TPSA) is 224 Å². The van der Waals surface area contributed by atoms with E-state index in [4.69, 9.17) is 13.7 Å². The first-order chi connectivity index (χ1) is 22.2. The summed E-state index contributed by atoms with van der Waals surface area (Å²) in [6, 6.07) is 0. The molecule has 0 aromatic rings. The van der Waals surface area contributed by atoms with Crippen molar-refractivity contribution in [3.8, 4) is 0 Å². The Balaban J connectivity index is 1.38. The van der Waals surface area contributed by atoms with Crippen LogP contribution in [-0.2, 0) is 24.1 Å². The van der Waals surface area contributed by atoms with Gasteiger partial charge in [0.2, 0.25) is 0 Å². The lowest BCUT2D eigenvalue weighted by molar-refractivity contribution is -0.270. The molecule has 4 aliphatic carbocycles. The second-order valence-corrected chi connectivity index (χ2v) is 17.5. The molecule has 8 N–H and O–H groups in total. The highest BCUT2D eigenvalue weighted by Crippen LogP contribution is 2.70. The average molecular weight is 707 g/mol. The molecule has 278 valence electrons. The monoisotopic (exact) mass is 706 g/mol. The number of hydrogen-bond acceptors (Lipinski definition) is 12. The van der Waals surface area contributed by atoms with Gasteiger partial charge in [-0.3, -0.25) is 4.55 Å². The number of allylic oxidation sites excluding steroid dienone is 2. The van der Waals surface area contributed by atoms with E-state index in [1.165, 1.54) is 0 Å². The lowest BCUT2D eigenvalue weighted by atomic mass is 9.42. The summed E-state index contributed by atoms with van der Waals surface area (Å²) in [6.45, 7) is 10.1. The number of rotatable bonds is 10. The van der Waals surface area contributed by atoms with Gasteiger partial charge in [0.25, 0.3) is 0 Å². The Labute approximate surface area is 284 Å². The van der Waals surface area contributed by atoms with Gasteiger partial charge in [0, 0.05) is 12.3 Å². The third-order valence-corrected chi connectivity index (χ3v) is 13.8. The Morgan fingerprint density at radius 1 is 0.917 bits per heavy atom. The van der Waals surface area contributed by atoms with Crippen molar-refractivity contribution in [2.45, 2.75) is 134 Å². The maximum absolute atomic E-state index is 12.7. The summed E-state index contributed by atoms with van der Waals surface area (Å²) in [6.07, 6.45) is -2.09. The Morgan fingerprint density at radius 2 is 1.58 bits per heavy atom. The van der Waals surface area contributed by atoms with Gasteiger partial charge < -0.3 is 45.2 Å². The summed E-state index contributed by atoms with van der Waals surface area (Å²) in [5.74, 6) is -2.18. The number of fused-ring (bicyclic) bond motifs is 5. The molecule has 0 radical (unpaired) electrons. The van der Waals surface area contributed by atoms with Gasteiger partial charge in [-0.25, -0.2) is 4.18 Å². The fourth-order valence-corrected chi connectivity index (χ4v) is 11.5. The number of aliphatic hydroxyl groups excluding tert-OH is 6. The molecule has 9 unspecified atom stereocenters. The van der Waals surface area contributed by atoms with Crippen LogP contribution in [0.15, 0.2) is 12.2 Å². The number of aliphatic hydroxyl groups is 7. The first-order valence-electron chi connectivity index (χ1n) is 17.6. The molecule has 48 heavy (non-hydrogen) atoms. The summed E-state index contributed by atoms with van der Waals surface area (Å²) in [5.41, 5.74) is -2.94. The van der Waals surface area contributed by atoms with E-state index in [2.05, 4.69) is 0 Å². The summed E-state index contributed by atoms with van der Waals surface area (Å²) >= 11 is 0. The van der Waals surface area contributed by atoms with Gasteiger partial charge in [0.15, 0.2) is 6.29 Å². The van der Waals surface area contributed by atoms with Gasteiger partial charge in [0.1, 0.15) is 24.4 Å². The van der Waals surface area contributed by atoms with Crippen molar-refractivity contribution in [1.29, 1.82) is 0 Å². The van der Waals surface area contributed by atoms with E-state index < -0.39 is 87.7 Å². The smallest absolute Gasteiger partial charge is 0.393 e. The van der Waals surface area contributed by atoms with Crippen LogP contribution in [-0.4, -0.2) is 117 Å². The van der Waals surface area contributed by atoms with E-state index in [9.17, 15) is 48.7 Å². The predicted octanol–water partition coefficient (Wildman–Crippen LogP) is 1.17. The van der Waals surface area contributed by atoms with E-state index in [1.54, 1.807) is 0 Å². The molecule has 5 rings (SSSR count). The van der Waals surface area contributed by atoms with Crippen LogP contribution >= 0.6 is 0 Å². The minimum Gasteiger partial charge on any atom is -0.393 e. The minimum absolute atomic E-state index is 0.00246. The third kappa shape index (κ3) is 6.91. The first-order valence-corrected chi connectivity index (χ1v) is 19.0. The minimum atomic E-state index is -5.01. The Morgan fingerprint density at radius 3 is 2.23 bits per heavy atom. The van der Waals surface area contributed by atoms with Crippen LogP contribution in [0.4, 0.5) is 0 Å². The molecule has 0 aromatic heterocycles. The molecular weight excluding hydrogens is 648 g/mol. The molecule has 5 aliphatic rings. The highest BCUT2D eigenvalue weighted by molar-refractivity contribution is 7.80. The largest absolute Gasteiger partial charge is 0.397 e. The highest BCUT2D eigenvalue weighted by atomic mass is 32.3. The van der Waals surface area contributed by atoms with Crippen LogP contribution in [0.3, 0.4) is 0 Å². The van der Waals surface area contributed by atoms with E-state index in [0.29, 0.717) is 38.5 Å². The van der Waals surface area contributed by atoms with Gasteiger partial charge in [-0.15, -0.1) is 0 Å². The molecule has 13 nitrogen and oxygen atoms in total. The van der Waals surface area contributed by atoms with Crippen LogP contribution in [0.2, 0.25) is 0 Å². The van der Waals surface area contributed by atoms with Crippen LogP contribution in [0, 0.1) is 52.3 Å². The van der Waals surface area contributed by atoms with Crippen LogP contribution in [0.5, 0.6) is 0 Å². The van der Waals surface area contributed by atoms with Gasteiger partial charge in [-0.05, 0) is 84.9 Å². The van der Waals surface area contributed by atoms with Crippen molar-refractivity contribution in [2.24, 2.45) is 52.3 Å². The summed E-state index contributed by atoms with van der Waals surface area (Å²) in [5, 5.41) is 76.3. The molecule has 1 saturated heterocycles. The molecule has 5 fully saturated rings. The van der Waals surface area contributed by atoms with Gasteiger partial charge in [-0.2, -0.15) is 8.42 Å². The van der Waals surface area contributed by atoms with Crippen LogP contribution < -0.4 is 0 Å². The fraction of sp³-hybridized carbons (Fsp3) is 0.941. The molecule has 1 aliphatic heterocycles. The summed E-state index contributed by atoms with van der Waals surface area (Å²) < 4.78 is 50.5. The number of ether oxygens (including phenoxy) is 2. The van der Waals surface area contributed by atoms with Crippen molar-refractivity contribution in [3.05, 3.63) is 12.2 Å². The van der Waals surface area contributed by atoms with Gasteiger partial charge in [0.05, 0.1) is 37.1 Å². The predicted molar refractivity (Wildman–Crippen MR) is 172 cm³/mol. The first kappa shape index (κ1) is 38.5. The molecular formula is C34H58O13S. The van der Waals surface area contributed by atoms with Crippen molar-refractivity contribution in [3.63, 3.8) is 0 Å². The van der Waals surface area contributed by atoms with Crippen molar-refractivity contribution in [1.82, 2.24) is 0 Å². The third-order valence-electron chi connectivity index (χ3n) is 13.3. The molecule has 17 atom stereocenters. The maximum Gasteiger partial charge on any atom is 0.397 e. The number of hydrogen-bond donors (Lipinski definition) is 8. The SMILES string of the molecule is CC(C)C(/C=C/[C@@H](C)[C@H]1[C@@H](O)C(OS(=O)(=O)O)C2[C@]3(O)C[C@@H](O)C4C[C@@H](O)CC[C@]4(C)C3CC[C@@]21C)CCOC1OCC(O)C(O)C1O. The second kappa shape index (κ2) is 14.0. The Hall–Kier alpha value is -0.750. The lowest BCUT2D eigenvalue weighted by Gasteiger charge is -2.65. The Bertz CT molecular complexity index is 1260. The summed E-state index contributed by atoms with van der Waals surface area (Å²) in [4.78, 5) is 0. The molecule has 14 heteroatoms. The van der Waals surface area contributed by atoms with E-state index in [0.717, 1.165) is 0 Å². The zero-order chi connectivity index (χ0) is 35.6. The average Bonchev–Trinajstić information content (AvgIpc) is 3.20. The molecule has 0 aromatic carbocycles. The second-order valence-electron chi connectivity index (χ2n) is 16.4. The molecule has 0 bridgehead atoms. The Kier molecular flexibility index (Phi) is 11.2. The summed E-state index contributed by atoms with van der Waals surface area (Å²) in [7, 11) is -5.01. The normalized spacial score (nSPS) is 49.4. The molecule has 0 spiro atoms. The van der Waals surface area contributed by atoms with Gasteiger partial charge >= 0.3 is 10.4 Å².